The number of fused-ring (bicyclic) bond motifs is 5. The lowest BCUT2D eigenvalue weighted by Gasteiger charge is -2.58. The molecule has 2 N–H and O–H groups in total. The highest BCUT2D eigenvalue weighted by Gasteiger charge is 2.58. The molecule has 3 nitrogen and oxygen atoms in total. The summed E-state index contributed by atoms with van der Waals surface area (Å²) < 4.78 is 0. The topological polar surface area (TPSA) is 57.5 Å². The van der Waals surface area contributed by atoms with Crippen LogP contribution in [0.1, 0.15) is 78.6 Å². The molecule has 0 aromatic carbocycles. The third-order valence-corrected chi connectivity index (χ3v) is 9.64. The molecule has 4 aliphatic rings. The highest BCUT2D eigenvalue weighted by Crippen LogP contribution is 2.66. The highest BCUT2D eigenvalue weighted by molar-refractivity contribution is 5.66. The molecule has 0 unspecified atom stereocenters. The van der Waals surface area contributed by atoms with Gasteiger partial charge in [0.15, 0.2) is 0 Å². The molecule has 0 aromatic heterocycles. The first-order valence-corrected chi connectivity index (χ1v) is 11.3. The zero-order valence-electron chi connectivity index (χ0n) is 17.4. The fraction of sp³-hybridized carbons (Fsp3) is 0.875. The molecule has 152 valence electrons. The number of rotatable bonds is 4. The van der Waals surface area contributed by atoms with Gasteiger partial charge < -0.3 is 10.2 Å². The lowest BCUT2D eigenvalue weighted by atomic mass is 9.46. The van der Waals surface area contributed by atoms with Gasteiger partial charge in [0, 0.05) is 6.42 Å². The Bertz CT molecular complexity index is 613. The van der Waals surface area contributed by atoms with Gasteiger partial charge in [0.25, 0.3) is 0 Å². The van der Waals surface area contributed by atoms with Crippen molar-refractivity contribution < 1.29 is 15.0 Å². The van der Waals surface area contributed by atoms with E-state index in [4.69, 9.17) is 5.11 Å². The molecule has 4 rings (SSSR count). The summed E-state index contributed by atoms with van der Waals surface area (Å²) in [4.78, 5) is 11.0. The Morgan fingerprint density at radius 2 is 1.96 bits per heavy atom. The van der Waals surface area contributed by atoms with Crippen molar-refractivity contribution in [2.24, 2.45) is 46.3 Å². The van der Waals surface area contributed by atoms with Gasteiger partial charge in [0.2, 0.25) is 0 Å². The molecule has 3 heteroatoms. The maximum Gasteiger partial charge on any atom is 0.303 e. The number of allylic oxidation sites excluding steroid dienone is 2. The van der Waals surface area contributed by atoms with Crippen molar-refractivity contribution in [3.8, 4) is 0 Å². The van der Waals surface area contributed by atoms with Crippen molar-refractivity contribution in [2.75, 3.05) is 0 Å². The summed E-state index contributed by atoms with van der Waals surface area (Å²) in [5.41, 5.74) is 0.615. The number of aliphatic hydroxyl groups is 1. The quantitative estimate of drug-likeness (QED) is 0.658. The summed E-state index contributed by atoms with van der Waals surface area (Å²) >= 11 is 0. The highest BCUT2D eigenvalue weighted by atomic mass is 16.4. The van der Waals surface area contributed by atoms with Gasteiger partial charge in [-0.2, -0.15) is 0 Å². The second-order valence-corrected chi connectivity index (χ2v) is 10.8. The van der Waals surface area contributed by atoms with Crippen molar-refractivity contribution in [3.05, 3.63) is 12.2 Å². The number of carboxylic acid groups (broad SMARTS) is 1. The number of carbonyl (C=O) groups is 1. The average molecular weight is 375 g/mol. The minimum absolute atomic E-state index is 0.0802. The third kappa shape index (κ3) is 3.09. The van der Waals surface area contributed by atoms with Crippen molar-refractivity contribution in [2.45, 2.75) is 84.7 Å². The van der Waals surface area contributed by atoms with Crippen LogP contribution in [-0.4, -0.2) is 22.3 Å². The first-order chi connectivity index (χ1) is 12.8. The molecule has 0 amide bonds. The van der Waals surface area contributed by atoms with Crippen LogP contribution in [0.25, 0.3) is 0 Å². The molecule has 0 heterocycles. The number of aliphatic carboxylic acids is 1. The van der Waals surface area contributed by atoms with E-state index in [2.05, 4.69) is 32.9 Å². The van der Waals surface area contributed by atoms with Crippen molar-refractivity contribution in [3.63, 3.8) is 0 Å². The van der Waals surface area contributed by atoms with Gasteiger partial charge in [-0.3, -0.25) is 4.79 Å². The van der Waals surface area contributed by atoms with Gasteiger partial charge in [0.05, 0.1) is 6.10 Å². The van der Waals surface area contributed by atoms with E-state index in [0.29, 0.717) is 35.5 Å². The second kappa shape index (κ2) is 6.90. The standard InChI is InChI=1S/C24H38O3/c1-15(4-9-22(26)27)19-7-8-20-18-6-5-16-14-17(25)10-12-23(16,2)21(18)11-13-24(19,20)3/h11,13,15-21,25H,4-10,12,14H2,1-3H3,(H,26,27)/t15-,16-,17+,18+,19-,20+,21+,23+,24-/m1/s1. The molecule has 0 spiro atoms. The number of carboxylic acids is 1. The van der Waals surface area contributed by atoms with Crippen LogP contribution < -0.4 is 0 Å². The van der Waals surface area contributed by atoms with E-state index in [1.807, 2.05) is 0 Å². The van der Waals surface area contributed by atoms with Crippen LogP contribution in [-0.2, 0) is 4.79 Å². The molecule has 3 saturated carbocycles. The summed E-state index contributed by atoms with van der Waals surface area (Å²) in [6, 6.07) is 0. The number of hydrogen-bond acceptors (Lipinski definition) is 2. The molecular weight excluding hydrogens is 336 g/mol. The smallest absolute Gasteiger partial charge is 0.303 e. The van der Waals surface area contributed by atoms with Crippen molar-refractivity contribution in [1.82, 2.24) is 0 Å². The van der Waals surface area contributed by atoms with E-state index < -0.39 is 5.97 Å². The van der Waals surface area contributed by atoms with E-state index in [-0.39, 0.29) is 11.5 Å². The monoisotopic (exact) mass is 374 g/mol. The van der Waals surface area contributed by atoms with Crippen molar-refractivity contribution >= 4 is 5.97 Å². The predicted molar refractivity (Wildman–Crippen MR) is 107 cm³/mol. The first-order valence-electron chi connectivity index (χ1n) is 11.3. The lowest BCUT2D eigenvalue weighted by molar-refractivity contribution is -0.137. The van der Waals surface area contributed by atoms with Gasteiger partial charge >= 0.3 is 5.97 Å². The average Bonchev–Trinajstić information content (AvgIpc) is 2.97. The Kier molecular flexibility index (Phi) is 4.98. The number of aliphatic hydroxyl groups excluding tert-OH is 1. The Morgan fingerprint density at radius 1 is 1.19 bits per heavy atom. The molecule has 9 atom stereocenters. The first kappa shape index (κ1) is 19.5. The van der Waals surface area contributed by atoms with Gasteiger partial charge in [-0.15, -0.1) is 0 Å². The SMILES string of the molecule is C[C@H](CCC(=O)O)[C@H]1CC[C@H]2[C@@H]3CC[C@@H]4C[C@@H](O)CC[C@]4(C)[C@H]3C=C[C@]12C. The Morgan fingerprint density at radius 3 is 2.70 bits per heavy atom. The molecule has 0 aromatic rings. The fourth-order valence-corrected chi connectivity index (χ4v) is 8.10. The summed E-state index contributed by atoms with van der Waals surface area (Å²) in [5.74, 6) is 3.35. The molecular formula is C24H38O3. The van der Waals surface area contributed by atoms with E-state index >= 15 is 0 Å². The summed E-state index contributed by atoms with van der Waals surface area (Å²) in [7, 11) is 0. The van der Waals surface area contributed by atoms with Crippen LogP contribution in [0.15, 0.2) is 12.2 Å². The van der Waals surface area contributed by atoms with Crippen LogP contribution in [0.3, 0.4) is 0 Å². The van der Waals surface area contributed by atoms with Gasteiger partial charge in [-0.25, -0.2) is 0 Å². The van der Waals surface area contributed by atoms with Crippen LogP contribution >= 0.6 is 0 Å². The summed E-state index contributed by atoms with van der Waals surface area (Å²) in [5, 5.41) is 19.3. The largest absolute Gasteiger partial charge is 0.481 e. The van der Waals surface area contributed by atoms with Gasteiger partial charge in [-0.1, -0.05) is 32.9 Å². The maximum absolute atomic E-state index is 11.0. The maximum atomic E-state index is 11.0. The minimum Gasteiger partial charge on any atom is -0.481 e. The third-order valence-electron chi connectivity index (χ3n) is 9.64. The molecule has 27 heavy (non-hydrogen) atoms. The summed E-state index contributed by atoms with van der Waals surface area (Å²) in [6.07, 6.45) is 14.5. The Hall–Kier alpha value is -0.830. The minimum atomic E-state index is -0.661. The normalized spacial score (nSPS) is 49.8. The zero-order chi connectivity index (χ0) is 19.4. The van der Waals surface area contributed by atoms with Gasteiger partial charge in [-0.05, 0) is 97.7 Å². The summed E-state index contributed by atoms with van der Waals surface area (Å²) in [6.45, 7) is 7.26. The number of hydrogen-bond donors (Lipinski definition) is 2. The van der Waals surface area contributed by atoms with Gasteiger partial charge in [0.1, 0.15) is 0 Å². The van der Waals surface area contributed by atoms with E-state index in [0.717, 1.165) is 31.1 Å². The lowest BCUT2D eigenvalue weighted by Crippen LogP contribution is -2.52. The Balaban J connectivity index is 1.56. The molecule has 0 aliphatic heterocycles. The molecule has 0 radical (unpaired) electrons. The fourth-order valence-electron chi connectivity index (χ4n) is 8.10. The molecule has 4 aliphatic carbocycles. The second-order valence-electron chi connectivity index (χ2n) is 10.8. The van der Waals surface area contributed by atoms with Crippen LogP contribution in [0.2, 0.25) is 0 Å². The Labute approximate surface area is 164 Å². The van der Waals surface area contributed by atoms with Crippen LogP contribution in [0.4, 0.5) is 0 Å². The van der Waals surface area contributed by atoms with E-state index in [1.165, 1.54) is 32.1 Å². The predicted octanol–water partition coefficient (Wildman–Crippen LogP) is 5.28. The van der Waals surface area contributed by atoms with Crippen LogP contribution in [0.5, 0.6) is 0 Å². The molecule has 3 fully saturated rings. The van der Waals surface area contributed by atoms with Crippen molar-refractivity contribution in [1.29, 1.82) is 0 Å². The van der Waals surface area contributed by atoms with E-state index in [9.17, 15) is 9.90 Å². The van der Waals surface area contributed by atoms with E-state index in [1.54, 1.807) is 0 Å². The molecule has 0 saturated heterocycles. The zero-order valence-corrected chi connectivity index (χ0v) is 17.4. The molecule has 0 bridgehead atoms. The van der Waals surface area contributed by atoms with Crippen LogP contribution in [0, 0.1) is 46.3 Å².